The van der Waals surface area contributed by atoms with Crippen LogP contribution in [0, 0.1) is 18.8 Å². The van der Waals surface area contributed by atoms with Crippen LogP contribution >= 0.6 is 0 Å². The summed E-state index contributed by atoms with van der Waals surface area (Å²) >= 11 is 0. The number of aryl methyl sites for hydroxylation is 1. The number of ether oxygens (including phenoxy) is 3. The van der Waals surface area contributed by atoms with E-state index < -0.39 is 11.5 Å². The zero-order valence-electron chi connectivity index (χ0n) is 25.8. The van der Waals surface area contributed by atoms with E-state index in [1.165, 1.54) is 25.3 Å². The first-order valence-corrected chi connectivity index (χ1v) is 14.7. The lowest BCUT2D eigenvalue weighted by Gasteiger charge is -2.33. The van der Waals surface area contributed by atoms with Gasteiger partial charge in [0.2, 0.25) is 23.6 Å². The number of carbonyl (C=O) groups excluding carboxylic acids is 2. The average Bonchev–Trinajstić information content (AvgIpc) is 3.63. The lowest BCUT2D eigenvalue weighted by molar-refractivity contribution is -0.122. The smallest absolute Gasteiger partial charge is 0.291 e. The average molecular weight is 590 g/mol. The van der Waals surface area contributed by atoms with E-state index in [0.717, 1.165) is 17.5 Å². The number of nitrogens with zero attached hydrogens (tertiary/aromatic N) is 3. The SMILES string of the molecule is COc1nc(N2CCC3CNC(=O)C3C2)nc(OC)c1NC(=O)c1ccc(Cc2cc3c(cc2C)C(C)(C)OC3(C)C)o1. The Hall–Kier alpha value is -4.12. The van der Waals surface area contributed by atoms with Gasteiger partial charge in [0.15, 0.2) is 11.4 Å². The second-order valence-electron chi connectivity index (χ2n) is 12.6. The Bertz CT molecular complexity index is 1570. The van der Waals surface area contributed by atoms with Crippen molar-refractivity contribution in [2.75, 3.05) is 44.1 Å². The molecule has 0 saturated carbocycles. The Balaban J connectivity index is 1.20. The van der Waals surface area contributed by atoms with Crippen molar-refractivity contribution in [1.29, 1.82) is 0 Å². The number of carbonyl (C=O) groups is 2. The lowest BCUT2D eigenvalue weighted by atomic mass is 9.86. The van der Waals surface area contributed by atoms with Crippen LogP contribution in [0.15, 0.2) is 28.7 Å². The molecule has 6 rings (SSSR count). The van der Waals surface area contributed by atoms with Crippen molar-refractivity contribution >= 4 is 23.5 Å². The topological polar surface area (TPSA) is 128 Å². The number of amides is 2. The monoisotopic (exact) mass is 589 g/mol. The molecule has 2 fully saturated rings. The van der Waals surface area contributed by atoms with Gasteiger partial charge in [0.1, 0.15) is 5.76 Å². The fraction of sp³-hybridized carbons (Fsp3) is 0.500. The number of aromatic nitrogens is 2. The highest BCUT2D eigenvalue weighted by atomic mass is 16.5. The second-order valence-corrected chi connectivity index (χ2v) is 12.6. The number of furan rings is 1. The van der Waals surface area contributed by atoms with E-state index in [9.17, 15) is 9.59 Å². The highest BCUT2D eigenvalue weighted by Crippen LogP contribution is 2.47. The van der Waals surface area contributed by atoms with E-state index in [-0.39, 0.29) is 40.6 Å². The molecule has 2 N–H and O–H groups in total. The van der Waals surface area contributed by atoms with Gasteiger partial charge in [0.05, 0.1) is 31.3 Å². The van der Waals surface area contributed by atoms with Gasteiger partial charge in [0.25, 0.3) is 5.91 Å². The summed E-state index contributed by atoms with van der Waals surface area (Å²) in [7, 11) is 2.94. The van der Waals surface area contributed by atoms with Crippen LogP contribution in [0.1, 0.15) is 72.7 Å². The third-order valence-electron chi connectivity index (χ3n) is 8.90. The molecule has 11 heteroatoms. The molecule has 11 nitrogen and oxygen atoms in total. The van der Waals surface area contributed by atoms with Gasteiger partial charge in [-0.3, -0.25) is 9.59 Å². The first-order valence-electron chi connectivity index (χ1n) is 14.7. The molecule has 228 valence electrons. The van der Waals surface area contributed by atoms with E-state index in [4.69, 9.17) is 18.6 Å². The maximum Gasteiger partial charge on any atom is 0.291 e. The number of benzene rings is 1. The fourth-order valence-electron chi connectivity index (χ4n) is 6.69. The summed E-state index contributed by atoms with van der Waals surface area (Å²) in [6.45, 7) is 12.4. The number of hydrogen-bond donors (Lipinski definition) is 2. The molecular weight excluding hydrogens is 550 g/mol. The second kappa shape index (κ2) is 10.6. The van der Waals surface area contributed by atoms with E-state index in [1.54, 1.807) is 6.07 Å². The minimum absolute atomic E-state index is 0.0588. The Labute approximate surface area is 251 Å². The molecule has 2 unspecified atom stereocenters. The number of nitrogens with one attached hydrogen (secondary N) is 2. The van der Waals surface area contributed by atoms with Gasteiger partial charge in [-0.2, -0.15) is 9.97 Å². The zero-order chi connectivity index (χ0) is 30.7. The van der Waals surface area contributed by atoms with Gasteiger partial charge in [-0.1, -0.05) is 12.1 Å². The first kappa shape index (κ1) is 29.0. The third kappa shape index (κ3) is 5.20. The predicted octanol–water partition coefficient (Wildman–Crippen LogP) is 4.31. The van der Waals surface area contributed by atoms with Crippen molar-refractivity contribution in [3.8, 4) is 11.8 Å². The van der Waals surface area contributed by atoms with Gasteiger partial charge in [0, 0.05) is 26.1 Å². The molecule has 1 aromatic carbocycles. The molecule has 2 amide bonds. The van der Waals surface area contributed by atoms with E-state index in [2.05, 4.69) is 67.4 Å². The summed E-state index contributed by atoms with van der Waals surface area (Å²) in [4.78, 5) is 36.6. The molecule has 5 heterocycles. The van der Waals surface area contributed by atoms with Crippen molar-refractivity contribution in [2.24, 2.45) is 11.8 Å². The van der Waals surface area contributed by atoms with Crippen LogP contribution in [-0.4, -0.2) is 55.6 Å². The number of piperidine rings is 1. The van der Waals surface area contributed by atoms with Crippen molar-refractivity contribution in [2.45, 2.75) is 58.7 Å². The van der Waals surface area contributed by atoms with Crippen LogP contribution in [0.3, 0.4) is 0 Å². The van der Waals surface area contributed by atoms with Crippen LogP contribution in [0.25, 0.3) is 0 Å². The summed E-state index contributed by atoms with van der Waals surface area (Å²) in [5, 5.41) is 5.75. The summed E-state index contributed by atoms with van der Waals surface area (Å²) in [6, 6.07) is 7.85. The van der Waals surface area contributed by atoms with Gasteiger partial charge in [-0.05, 0) is 81.3 Å². The Morgan fingerprint density at radius 3 is 2.44 bits per heavy atom. The summed E-state index contributed by atoms with van der Waals surface area (Å²) in [6.07, 6.45) is 1.38. The Kier molecular flexibility index (Phi) is 7.11. The van der Waals surface area contributed by atoms with Gasteiger partial charge < -0.3 is 34.2 Å². The predicted molar refractivity (Wildman–Crippen MR) is 160 cm³/mol. The van der Waals surface area contributed by atoms with E-state index in [1.807, 2.05) is 11.0 Å². The van der Waals surface area contributed by atoms with E-state index in [0.29, 0.717) is 43.7 Å². The Morgan fingerprint density at radius 2 is 1.77 bits per heavy atom. The lowest BCUT2D eigenvalue weighted by Crippen LogP contribution is -2.42. The summed E-state index contributed by atoms with van der Waals surface area (Å²) in [5.41, 5.74) is 4.06. The summed E-state index contributed by atoms with van der Waals surface area (Å²) < 4.78 is 23.4. The number of rotatable bonds is 7. The molecular formula is C32H39N5O6. The number of anilines is 2. The molecule has 0 spiro atoms. The van der Waals surface area contributed by atoms with Crippen molar-refractivity contribution in [1.82, 2.24) is 15.3 Å². The molecule has 3 aromatic rings. The van der Waals surface area contributed by atoms with E-state index >= 15 is 0 Å². The van der Waals surface area contributed by atoms with Crippen molar-refractivity contribution in [3.05, 3.63) is 58.0 Å². The molecule has 3 aliphatic rings. The normalized spacial score (nSPS) is 21.7. The van der Waals surface area contributed by atoms with Gasteiger partial charge in [-0.15, -0.1) is 0 Å². The Morgan fingerprint density at radius 1 is 1.09 bits per heavy atom. The fourth-order valence-corrected chi connectivity index (χ4v) is 6.69. The largest absolute Gasteiger partial charge is 0.479 e. The zero-order valence-corrected chi connectivity index (χ0v) is 25.8. The summed E-state index contributed by atoms with van der Waals surface area (Å²) in [5.74, 6) is 1.29. The maximum absolute atomic E-state index is 13.3. The van der Waals surface area contributed by atoms with Crippen LogP contribution in [-0.2, 0) is 27.2 Å². The van der Waals surface area contributed by atoms with Crippen molar-refractivity contribution in [3.63, 3.8) is 0 Å². The highest BCUT2D eigenvalue weighted by molar-refractivity contribution is 6.03. The van der Waals surface area contributed by atoms with Crippen LogP contribution in [0.5, 0.6) is 11.8 Å². The van der Waals surface area contributed by atoms with Gasteiger partial charge >= 0.3 is 0 Å². The van der Waals surface area contributed by atoms with Crippen LogP contribution < -0.4 is 25.0 Å². The molecule has 3 aliphatic heterocycles. The molecule has 2 saturated heterocycles. The number of fused-ring (bicyclic) bond motifs is 2. The molecule has 43 heavy (non-hydrogen) atoms. The standard InChI is InChI=1S/C32H39N5O6/c1-17-12-22-23(32(4,5)43-31(22,2)3)14-19(17)13-20-8-9-24(42-20)27(39)34-25-28(40-6)35-30(36-29(25)41-7)37-11-10-18-15-33-26(38)21(18)16-37/h8-9,12,14,18,21H,10-11,13,15-16H2,1-7H3,(H,33,38)(H,34,39). The quantitative estimate of drug-likeness (QED) is 0.414. The minimum Gasteiger partial charge on any atom is -0.479 e. The number of hydrogen-bond acceptors (Lipinski definition) is 9. The highest BCUT2D eigenvalue weighted by Gasteiger charge is 2.43. The molecule has 2 atom stereocenters. The van der Waals surface area contributed by atoms with Crippen LogP contribution in [0.2, 0.25) is 0 Å². The third-order valence-corrected chi connectivity index (χ3v) is 8.90. The molecule has 0 radical (unpaired) electrons. The minimum atomic E-state index is -0.482. The van der Waals surface area contributed by atoms with Crippen LogP contribution in [0.4, 0.5) is 11.6 Å². The first-order chi connectivity index (χ1) is 20.4. The maximum atomic E-state index is 13.3. The number of methoxy groups -OCH3 is 2. The molecule has 0 aliphatic carbocycles. The molecule has 2 aromatic heterocycles. The molecule has 0 bridgehead atoms. The van der Waals surface area contributed by atoms with Crippen molar-refractivity contribution < 1.29 is 28.2 Å². The van der Waals surface area contributed by atoms with Gasteiger partial charge in [-0.25, -0.2) is 0 Å².